The lowest BCUT2D eigenvalue weighted by atomic mass is 9.39. The van der Waals surface area contributed by atoms with Crippen molar-refractivity contribution in [3.63, 3.8) is 0 Å². The molecule has 0 unspecified atom stereocenters. The third-order valence-corrected chi connectivity index (χ3v) is 11.6. The van der Waals surface area contributed by atoms with Crippen molar-refractivity contribution in [2.45, 2.75) is 90.4 Å². The summed E-state index contributed by atoms with van der Waals surface area (Å²) < 4.78 is 13.0. The number of rotatable bonds is 6. The van der Waals surface area contributed by atoms with Gasteiger partial charge in [-0.15, -0.1) is 0 Å². The fourth-order valence-corrected chi connectivity index (χ4v) is 9.83. The second-order valence-corrected chi connectivity index (χ2v) is 13.8. The first-order chi connectivity index (χ1) is 18.2. The Morgan fingerprint density at radius 1 is 0.895 bits per heavy atom. The summed E-state index contributed by atoms with van der Waals surface area (Å²) in [5.74, 6) is 0.846. The lowest BCUT2D eigenvalue weighted by Crippen LogP contribution is -2.64. The first kappa shape index (κ1) is 26.1. The molecule has 0 saturated heterocycles. The molecule has 6 rings (SSSR count). The Bertz CT molecular complexity index is 1150. The molecule has 0 radical (unpaired) electrons. The summed E-state index contributed by atoms with van der Waals surface area (Å²) in [6.07, 6.45) is 8.31. The summed E-state index contributed by atoms with van der Waals surface area (Å²) in [4.78, 5) is 13.4. The predicted molar refractivity (Wildman–Crippen MR) is 148 cm³/mol. The van der Waals surface area contributed by atoms with Crippen LogP contribution in [-0.2, 0) is 16.1 Å². The predicted octanol–water partition coefficient (Wildman–Crippen LogP) is 7.20. The van der Waals surface area contributed by atoms with E-state index < -0.39 is 5.60 Å². The van der Waals surface area contributed by atoms with Gasteiger partial charge in [-0.25, -0.2) is 4.79 Å². The third-order valence-electron chi connectivity index (χ3n) is 11.6. The highest BCUT2D eigenvalue weighted by atomic mass is 16.5. The van der Waals surface area contributed by atoms with Crippen LogP contribution in [0.3, 0.4) is 0 Å². The number of hydrogen-bond acceptors (Lipinski definition) is 4. The maximum atomic E-state index is 13.4. The molecule has 38 heavy (non-hydrogen) atoms. The first-order valence-corrected chi connectivity index (χ1v) is 14.8. The quantitative estimate of drug-likeness (QED) is 0.413. The smallest absolute Gasteiger partial charge is 0.338 e. The van der Waals surface area contributed by atoms with E-state index in [1.54, 1.807) is 0 Å². The maximum Gasteiger partial charge on any atom is 0.338 e. The molecule has 4 fully saturated rings. The molecule has 2 aromatic carbocycles. The monoisotopic (exact) mass is 516 g/mol. The summed E-state index contributed by atoms with van der Waals surface area (Å²) in [7, 11) is 0. The van der Waals surface area contributed by atoms with Crippen molar-refractivity contribution in [3.8, 4) is 0 Å². The fourth-order valence-electron chi connectivity index (χ4n) is 9.83. The van der Waals surface area contributed by atoms with E-state index >= 15 is 0 Å². The van der Waals surface area contributed by atoms with Crippen LogP contribution in [0.1, 0.15) is 88.1 Å². The van der Waals surface area contributed by atoms with Gasteiger partial charge >= 0.3 is 5.97 Å². The van der Waals surface area contributed by atoms with Crippen LogP contribution in [0.4, 0.5) is 0 Å². The van der Waals surface area contributed by atoms with Crippen molar-refractivity contribution >= 4 is 5.97 Å². The topological polar surface area (TPSA) is 55.8 Å². The van der Waals surface area contributed by atoms with Crippen LogP contribution < -0.4 is 0 Å². The van der Waals surface area contributed by atoms with Crippen molar-refractivity contribution in [2.75, 3.05) is 6.61 Å². The molecule has 0 aromatic heterocycles. The molecule has 204 valence electrons. The van der Waals surface area contributed by atoms with E-state index in [2.05, 4.69) is 45.0 Å². The van der Waals surface area contributed by atoms with Crippen molar-refractivity contribution in [2.24, 2.45) is 34.0 Å². The largest absolute Gasteiger partial charge is 0.458 e. The van der Waals surface area contributed by atoms with Crippen molar-refractivity contribution in [1.82, 2.24) is 0 Å². The van der Waals surface area contributed by atoms with Crippen molar-refractivity contribution in [1.29, 1.82) is 0 Å². The van der Waals surface area contributed by atoms with Gasteiger partial charge in [-0.05, 0) is 97.6 Å². The molecule has 4 aliphatic rings. The van der Waals surface area contributed by atoms with E-state index in [0.29, 0.717) is 30.6 Å². The van der Waals surface area contributed by atoms with E-state index in [9.17, 15) is 9.90 Å². The normalized spacial score (nSPS) is 41.7. The highest BCUT2D eigenvalue weighted by Gasteiger charge is 2.71. The van der Waals surface area contributed by atoms with Crippen LogP contribution >= 0.6 is 0 Å². The molecule has 1 spiro atoms. The minimum atomic E-state index is -0.582. The Morgan fingerprint density at radius 2 is 1.61 bits per heavy atom. The molecule has 0 aliphatic heterocycles. The van der Waals surface area contributed by atoms with Gasteiger partial charge in [0.25, 0.3) is 0 Å². The van der Waals surface area contributed by atoms with Gasteiger partial charge in [0.2, 0.25) is 0 Å². The first-order valence-electron chi connectivity index (χ1n) is 14.8. The molecule has 4 aliphatic carbocycles. The Morgan fingerprint density at radius 3 is 2.34 bits per heavy atom. The molecular weight excluding hydrogens is 472 g/mol. The number of carbonyl (C=O) groups is 1. The Balaban J connectivity index is 1.34. The number of aliphatic hydroxyl groups is 1. The Hall–Kier alpha value is -2.17. The van der Waals surface area contributed by atoms with Gasteiger partial charge in [-0.1, -0.05) is 68.8 Å². The molecule has 2 aromatic rings. The zero-order valence-electron chi connectivity index (χ0n) is 23.3. The second-order valence-electron chi connectivity index (χ2n) is 13.8. The van der Waals surface area contributed by atoms with Crippen LogP contribution in [0.25, 0.3) is 0 Å². The van der Waals surface area contributed by atoms with Gasteiger partial charge in [0, 0.05) is 5.92 Å². The van der Waals surface area contributed by atoms with Crippen LogP contribution in [0.15, 0.2) is 60.7 Å². The van der Waals surface area contributed by atoms with Gasteiger partial charge < -0.3 is 14.6 Å². The molecule has 0 heterocycles. The van der Waals surface area contributed by atoms with Crippen LogP contribution in [-0.4, -0.2) is 29.4 Å². The summed E-state index contributed by atoms with van der Waals surface area (Å²) in [6, 6.07) is 19.9. The fraction of sp³-hybridized carbons (Fsp3) is 0.618. The van der Waals surface area contributed by atoms with Crippen LogP contribution in [0, 0.1) is 34.0 Å². The third kappa shape index (κ3) is 4.14. The molecule has 4 saturated carbocycles. The van der Waals surface area contributed by atoms with Gasteiger partial charge in [0.05, 0.1) is 24.4 Å². The summed E-state index contributed by atoms with van der Waals surface area (Å²) in [5.41, 5.74) is 1.41. The van der Waals surface area contributed by atoms with E-state index in [-0.39, 0.29) is 34.2 Å². The van der Waals surface area contributed by atoms with E-state index in [1.165, 1.54) is 12.0 Å². The molecular formula is C34H44O4. The molecule has 8 atom stereocenters. The lowest BCUT2D eigenvalue weighted by Gasteiger charge is -2.67. The van der Waals surface area contributed by atoms with Gasteiger partial charge in [-0.3, -0.25) is 0 Å². The highest BCUT2D eigenvalue weighted by molar-refractivity contribution is 5.89. The number of carbonyl (C=O) groups excluding carboxylic acids is 1. The van der Waals surface area contributed by atoms with Crippen LogP contribution in [0.5, 0.6) is 0 Å². The molecule has 4 heteroatoms. The SMILES string of the molecule is C[C@@]1(COCc2ccccc2)CCC[C@@]2(C)[C@H]1[C@H](OC(=O)c1ccccc1)C[C@H]1C[C@@H]3C[C@@]12CC[C@@]3(C)O. The van der Waals surface area contributed by atoms with E-state index in [0.717, 1.165) is 44.9 Å². The molecule has 2 bridgehead atoms. The highest BCUT2D eigenvalue weighted by Crippen LogP contribution is 2.75. The second kappa shape index (κ2) is 9.48. The average molecular weight is 517 g/mol. The van der Waals surface area contributed by atoms with Crippen LogP contribution in [0.2, 0.25) is 0 Å². The Labute approximate surface area is 228 Å². The van der Waals surface area contributed by atoms with Crippen molar-refractivity contribution in [3.05, 3.63) is 71.8 Å². The lowest BCUT2D eigenvalue weighted by molar-refractivity contribution is -0.224. The van der Waals surface area contributed by atoms with Gasteiger partial charge in [0.15, 0.2) is 0 Å². The zero-order valence-corrected chi connectivity index (χ0v) is 23.3. The number of fused-ring (bicyclic) bond motifs is 2. The maximum absolute atomic E-state index is 13.4. The zero-order chi connectivity index (χ0) is 26.6. The number of esters is 1. The Kier molecular flexibility index (Phi) is 6.51. The molecule has 0 amide bonds. The standard InChI is InChI=1S/C34H44O4/c1-31(23-37-22-24-11-6-4-7-12-24)15-10-16-32(2)29(31)28(38-30(35)25-13-8-5-9-14-25)20-26-19-27-21-34(26,32)18-17-33(27,3)36/h4-9,11-14,26-29,36H,10,15-23H2,1-3H3/t26-,27-,28-,29+,31+,32+,33-,34+/m1/s1. The molecule has 4 nitrogen and oxygen atoms in total. The minimum absolute atomic E-state index is 0.0475. The number of ether oxygens (including phenoxy) is 2. The van der Waals surface area contributed by atoms with E-state index in [4.69, 9.17) is 9.47 Å². The summed E-state index contributed by atoms with van der Waals surface area (Å²) in [6.45, 7) is 8.24. The number of benzene rings is 2. The molecule has 1 N–H and O–H groups in total. The van der Waals surface area contributed by atoms with Gasteiger partial charge in [-0.2, -0.15) is 0 Å². The summed E-state index contributed by atoms with van der Waals surface area (Å²) in [5, 5.41) is 11.3. The number of hydrogen-bond donors (Lipinski definition) is 1. The van der Waals surface area contributed by atoms with E-state index in [1.807, 2.05) is 36.4 Å². The summed E-state index contributed by atoms with van der Waals surface area (Å²) >= 11 is 0. The van der Waals surface area contributed by atoms with Gasteiger partial charge in [0.1, 0.15) is 6.10 Å². The average Bonchev–Trinajstić information content (AvgIpc) is 3.25. The van der Waals surface area contributed by atoms with Crippen molar-refractivity contribution < 1.29 is 19.4 Å². The minimum Gasteiger partial charge on any atom is -0.458 e.